The summed E-state index contributed by atoms with van der Waals surface area (Å²) < 4.78 is 0. The van der Waals surface area contributed by atoms with Crippen LogP contribution in [0.5, 0.6) is 0 Å². The molecule has 1 atom stereocenters. The monoisotopic (exact) mass is 328 g/mol. The maximum atomic E-state index is 10.7. The third-order valence-electron chi connectivity index (χ3n) is 5.28. The number of aryl methyl sites for hydroxylation is 1. The summed E-state index contributed by atoms with van der Waals surface area (Å²) in [6.45, 7) is 0. The number of hydrogen-bond donors (Lipinski definition) is 2. The average molecular weight is 328 g/mol. The molecule has 0 saturated heterocycles. The van der Waals surface area contributed by atoms with Crippen LogP contribution in [0.4, 0.5) is 0 Å². The second-order valence-corrected chi connectivity index (χ2v) is 6.91. The predicted octanol–water partition coefficient (Wildman–Crippen LogP) is 4.68. The SMILES string of the molecule is OC1CCCc2nc(Cc3ccccc3)c3[nH]c4ccccc4c3c21. The van der Waals surface area contributed by atoms with Crippen molar-refractivity contribution in [3.8, 4) is 0 Å². The van der Waals surface area contributed by atoms with E-state index in [0.717, 1.165) is 53.7 Å². The summed E-state index contributed by atoms with van der Waals surface area (Å²) in [5.74, 6) is 0. The molecule has 124 valence electrons. The van der Waals surface area contributed by atoms with Gasteiger partial charge in [-0.15, -0.1) is 0 Å². The molecule has 5 rings (SSSR count). The van der Waals surface area contributed by atoms with Gasteiger partial charge in [0.2, 0.25) is 0 Å². The van der Waals surface area contributed by atoms with E-state index in [0.29, 0.717) is 0 Å². The second kappa shape index (κ2) is 5.71. The van der Waals surface area contributed by atoms with Crippen molar-refractivity contribution in [3.63, 3.8) is 0 Å². The number of fused-ring (bicyclic) bond motifs is 5. The Morgan fingerprint density at radius 1 is 1.04 bits per heavy atom. The number of benzene rings is 2. The van der Waals surface area contributed by atoms with Crippen molar-refractivity contribution in [2.24, 2.45) is 0 Å². The Morgan fingerprint density at radius 2 is 1.84 bits per heavy atom. The van der Waals surface area contributed by atoms with Gasteiger partial charge in [0.05, 0.1) is 17.3 Å². The van der Waals surface area contributed by atoms with Crippen molar-refractivity contribution in [2.75, 3.05) is 0 Å². The van der Waals surface area contributed by atoms with Gasteiger partial charge < -0.3 is 10.1 Å². The van der Waals surface area contributed by atoms with E-state index < -0.39 is 6.10 Å². The van der Waals surface area contributed by atoms with E-state index in [4.69, 9.17) is 4.98 Å². The van der Waals surface area contributed by atoms with E-state index in [-0.39, 0.29) is 0 Å². The highest BCUT2D eigenvalue weighted by Gasteiger charge is 2.26. The fourth-order valence-electron chi connectivity index (χ4n) is 4.14. The summed E-state index contributed by atoms with van der Waals surface area (Å²) in [5, 5.41) is 13.0. The molecule has 25 heavy (non-hydrogen) atoms. The number of aliphatic hydroxyl groups excluding tert-OH is 1. The molecule has 1 aliphatic rings. The molecule has 0 amide bonds. The lowest BCUT2D eigenvalue weighted by Gasteiger charge is -2.23. The van der Waals surface area contributed by atoms with Crippen LogP contribution in [0.25, 0.3) is 21.8 Å². The number of aromatic amines is 1. The lowest BCUT2D eigenvalue weighted by molar-refractivity contribution is 0.157. The Labute approximate surface area is 146 Å². The minimum atomic E-state index is -0.413. The minimum Gasteiger partial charge on any atom is -0.388 e. The number of aromatic nitrogens is 2. The lowest BCUT2D eigenvalue weighted by Crippen LogP contribution is -2.13. The first-order valence-corrected chi connectivity index (χ1v) is 8.95. The van der Waals surface area contributed by atoms with Gasteiger partial charge in [-0.2, -0.15) is 0 Å². The van der Waals surface area contributed by atoms with Gasteiger partial charge in [-0.25, -0.2) is 0 Å². The Bertz CT molecular complexity index is 1070. The summed E-state index contributed by atoms with van der Waals surface area (Å²) in [4.78, 5) is 8.56. The van der Waals surface area contributed by atoms with Crippen molar-refractivity contribution in [2.45, 2.75) is 31.8 Å². The van der Waals surface area contributed by atoms with Crippen LogP contribution >= 0.6 is 0 Å². The van der Waals surface area contributed by atoms with Gasteiger partial charge in [-0.1, -0.05) is 48.5 Å². The van der Waals surface area contributed by atoms with Crippen LogP contribution in [0.3, 0.4) is 0 Å². The lowest BCUT2D eigenvalue weighted by atomic mass is 9.89. The molecule has 0 fully saturated rings. The predicted molar refractivity (Wildman–Crippen MR) is 101 cm³/mol. The summed E-state index contributed by atoms with van der Waals surface area (Å²) in [6, 6.07) is 18.8. The molecule has 2 aromatic carbocycles. The third-order valence-corrected chi connectivity index (χ3v) is 5.28. The smallest absolute Gasteiger partial charge is 0.0814 e. The molecule has 4 aromatic rings. The molecule has 3 nitrogen and oxygen atoms in total. The molecule has 0 bridgehead atoms. The van der Waals surface area contributed by atoms with Crippen LogP contribution in [-0.4, -0.2) is 15.1 Å². The van der Waals surface area contributed by atoms with Crippen molar-refractivity contribution >= 4 is 21.8 Å². The van der Waals surface area contributed by atoms with Crippen molar-refractivity contribution < 1.29 is 5.11 Å². The molecule has 0 radical (unpaired) electrons. The zero-order valence-corrected chi connectivity index (χ0v) is 14.0. The van der Waals surface area contributed by atoms with Crippen LogP contribution in [-0.2, 0) is 12.8 Å². The Hall–Kier alpha value is -2.65. The molecule has 3 heteroatoms. The van der Waals surface area contributed by atoms with Crippen molar-refractivity contribution in [1.29, 1.82) is 0 Å². The molecule has 0 saturated carbocycles. The number of para-hydroxylation sites is 1. The van der Waals surface area contributed by atoms with Crippen LogP contribution in [0, 0.1) is 0 Å². The van der Waals surface area contributed by atoms with Gasteiger partial charge in [0.25, 0.3) is 0 Å². The highest BCUT2D eigenvalue weighted by Crippen LogP contribution is 2.39. The third kappa shape index (κ3) is 2.35. The first-order chi connectivity index (χ1) is 12.3. The van der Waals surface area contributed by atoms with E-state index in [1.54, 1.807) is 0 Å². The largest absolute Gasteiger partial charge is 0.388 e. The quantitative estimate of drug-likeness (QED) is 0.561. The molecule has 2 aromatic heterocycles. The highest BCUT2D eigenvalue weighted by molar-refractivity contribution is 6.10. The molecule has 0 aliphatic heterocycles. The first kappa shape index (κ1) is 14.7. The maximum absolute atomic E-state index is 10.7. The van der Waals surface area contributed by atoms with Crippen LogP contribution in [0.2, 0.25) is 0 Å². The van der Waals surface area contributed by atoms with E-state index in [1.807, 2.05) is 12.1 Å². The van der Waals surface area contributed by atoms with Gasteiger partial charge in [0.15, 0.2) is 0 Å². The second-order valence-electron chi connectivity index (χ2n) is 6.91. The number of pyridine rings is 1. The molecule has 1 aliphatic carbocycles. The summed E-state index contributed by atoms with van der Waals surface area (Å²) in [5.41, 5.74) is 6.62. The molecule has 2 N–H and O–H groups in total. The average Bonchev–Trinajstić information content (AvgIpc) is 3.03. The highest BCUT2D eigenvalue weighted by atomic mass is 16.3. The number of aliphatic hydroxyl groups is 1. The summed E-state index contributed by atoms with van der Waals surface area (Å²) in [7, 11) is 0. The summed E-state index contributed by atoms with van der Waals surface area (Å²) in [6.07, 6.45) is 3.15. The van der Waals surface area contributed by atoms with E-state index in [1.165, 1.54) is 16.3 Å². The number of nitrogens with one attached hydrogen (secondary N) is 1. The number of H-pyrrole nitrogens is 1. The number of rotatable bonds is 2. The first-order valence-electron chi connectivity index (χ1n) is 8.95. The molecular weight excluding hydrogens is 308 g/mol. The van der Waals surface area contributed by atoms with Gasteiger partial charge in [0.1, 0.15) is 0 Å². The van der Waals surface area contributed by atoms with Crippen molar-refractivity contribution in [1.82, 2.24) is 9.97 Å². The Balaban J connectivity index is 1.82. The maximum Gasteiger partial charge on any atom is 0.0814 e. The Kier molecular flexibility index (Phi) is 3.35. The topological polar surface area (TPSA) is 48.9 Å². The zero-order chi connectivity index (χ0) is 16.8. The van der Waals surface area contributed by atoms with Crippen LogP contribution in [0.15, 0.2) is 54.6 Å². The molecule has 2 heterocycles. The Morgan fingerprint density at radius 3 is 2.72 bits per heavy atom. The van der Waals surface area contributed by atoms with E-state index in [2.05, 4.69) is 47.4 Å². The minimum absolute atomic E-state index is 0.413. The molecule has 1 unspecified atom stereocenters. The van der Waals surface area contributed by atoms with Gasteiger partial charge in [0, 0.05) is 34.0 Å². The number of nitrogens with zero attached hydrogens (tertiary/aromatic N) is 1. The van der Waals surface area contributed by atoms with Crippen molar-refractivity contribution in [3.05, 3.63) is 77.1 Å². The van der Waals surface area contributed by atoms with Gasteiger partial charge in [-0.05, 0) is 30.9 Å². The van der Waals surface area contributed by atoms with Crippen LogP contribution in [0.1, 0.15) is 41.5 Å². The standard InChI is InChI=1S/C22H20N2O/c25-19-12-6-11-17-21(19)20-15-9-4-5-10-16(15)24-22(20)18(23-17)13-14-7-2-1-3-8-14/h1-5,7-10,19,24-25H,6,11-13H2. The zero-order valence-electron chi connectivity index (χ0n) is 14.0. The van der Waals surface area contributed by atoms with Gasteiger partial charge in [-0.3, -0.25) is 4.98 Å². The fraction of sp³-hybridized carbons (Fsp3) is 0.227. The number of hydrogen-bond acceptors (Lipinski definition) is 2. The van der Waals surface area contributed by atoms with E-state index in [9.17, 15) is 5.11 Å². The normalized spacial score (nSPS) is 17.1. The molecule has 0 spiro atoms. The summed E-state index contributed by atoms with van der Waals surface area (Å²) >= 11 is 0. The fourth-order valence-corrected chi connectivity index (χ4v) is 4.14. The van der Waals surface area contributed by atoms with Gasteiger partial charge >= 0.3 is 0 Å². The van der Waals surface area contributed by atoms with Crippen LogP contribution < -0.4 is 0 Å². The molecular formula is C22H20N2O. The van der Waals surface area contributed by atoms with E-state index >= 15 is 0 Å².